The van der Waals surface area contributed by atoms with Gasteiger partial charge in [-0.1, -0.05) is 37.3 Å². The van der Waals surface area contributed by atoms with Crippen molar-refractivity contribution in [3.8, 4) is 5.75 Å². The molecule has 0 spiro atoms. The van der Waals surface area contributed by atoms with Crippen LogP contribution in [0.4, 0.5) is 0 Å². The highest BCUT2D eigenvalue weighted by molar-refractivity contribution is 7.89. The Balaban J connectivity index is 2.24. The molecule has 0 amide bonds. The molecule has 2 aromatic carbocycles. The Morgan fingerprint density at radius 2 is 1.75 bits per heavy atom. The van der Waals surface area contributed by atoms with Gasteiger partial charge in [-0.3, -0.25) is 0 Å². The van der Waals surface area contributed by atoms with E-state index in [2.05, 4.69) is 4.72 Å². The van der Waals surface area contributed by atoms with Crippen molar-refractivity contribution in [2.45, 2.75) is 44.0 Å². The van der Waals surface area contributed by atoms with E-state index >= 15 is 0 Å². The Labute approximate surface area is 144 Å². The van der Waals surface area contributed by atoms with Gasteiger partial charge in [0.2, 0.25) is 10.0 Å². The molecule has 4 nitrogen and oxygen atoms in total. The fourth-order valence-electron chi connectivity index (χ4n) is 2.76. The Morgan fingerprint density at radius 1 is 1.08 bits per heavy atom. The summed E-state index contributed by atoms with van der Waals surface area (Å²) in [6.45, 7) is 5.75. The van der Waals surface area contributed by atoms with Crippen LogP contribution in [0.25, 0.3) is 0 Å². The van der Waals surface area contributed by atoms with E-state index in [1.807, 2.05) is 51.1 Å². The first-order chi connectivity index (χ1) is 11.3. The molecule has 0 unspecified atom stereocenters. The quantitative estimate of drug-likeness (QED) is 0.833. The minimum absolute atomic E-state index is 0.265. The fraction of sp³-hybridized carbons (Fsp3) is 0.368. The van der Waals surface area contributed by atoms with Crippen LogP contribution in [-0.4, -0.2) is 21.1 Å². The number of hydrogen-bond acceptors (Lipinski definition) is 3. The molecule has 1 N–H and O–H groups in total. The topological polar surface area (TPSA) is 55.4 Å². The zero-order chi connectivity index (χ0) is 17.8. The van der Waals surface area contributed by atoms with Crippen molar-refractivity contribution in [3.05, 3.63) is 59.7 Å². The Morgan fingerprint density at radius 3 is 2.33 bits per heavy atom. The Bertz CT molecular complexity index is 784. The zero-order valence-corrected chi connectivity index (χ0v) is 15.5. The number of methoxy groups -OCH3 is 1. The van der Waals surface area contributed by atoms with Gasteiger partial charge in [0.05, 0.1) is 12.0 Å². The van der Waals surface area contributed by atoms with Crippen LogP contribution >= 0.6 is 0 Å². The number of benzene rings is 2. The van der Waals surface area contributed by atoms with Crippen molar-refractivity contribution >= 4 is 10.0 Å². The van der Waals surface area contributed by atoms with Gasteiger partial charge in [-0.05, 0) is 56.0 Å². The number of sulfonamides is 1. The average Bonchev–Trinajstić information content (AvgIpc) is 2.53. The van der Waals surface area contributed by atoms with Crippen LogP contribution in [0.2, 0.25) is 0 Å². The highest BCUT2D eigenvalue weighted by Crippen LogP contribution is 2.24. The van der Waals surface area contributed by atoms with E-state index in [1.165, 1.54) is 0 Å². The molecule has 0 saturated heterocycles. The Kier molecular flexibility index (Phi) is 5.67. The van der Waals surface area contributed by atoms with Gasteiger partial charge >= 0.3 is 0 Å². The van der Waals surface area contributed by atoms with Crippen LogP contribution < -0.4 is 9.46 Å². The molecule has 2 aromatic rings. The van der Waals surface area contributed by atoms with E-state index in [9.17, 15) is 8.42 Å². The Hall–Kier alpha value is -1.85. The van der Waals surface area contributed by atoms with Gasteiger partial charge in [-0.2, -0.15) is 0 Å². The molecule has 24 heavy (non-hydrogen) atoms. The summed E-state index contributed by atoms with van der Waals surface area (Å²) in [4.78, 5) is 0.265. The maximum atomic E-state index is 12.8. The lowest BCUT2D eigenvalue weighted by Crippen LogP contribution is -2.45. The second-order valence-electron chi connectivity index (χ2n) is 6.48. The number of aryl methyl sites for hydroxylation is 1. The monoisotopic (exact) mass is 347 g/mol. The minimum atomic E-state index is -3.60. The van der Waals surface area contributed by atoms with Gasteiger partial charge in [0.1, 0.15) is 5.75 Å². The third kappa shape index (κ3) is 4.58. The number of ether oxygens (including phenoxy) is 1. The first-order valence-electron chi connectivity index (χ1n) is 8.02. The summed E-state index contributed by atoms with van der Waals surface area (Å²) in [6.07, 6.45) is 1.32. The minimum Gasteiger partial charge on any atom is -0.496 e. The summed E-state index contributed by atoms with van der Waals surface area (Å²) in [5, 5.41) is 0. The predicted octanol–water partition coefficient (Wildman–Crippen LogP) is 3.56. The first-order valence-corrected chi connectivity index (χ1v) is 9.50. The molecule has 0 saturated carbocycles. The molecule has 0 aromatic heterocycles. The van der Waals surface area contributed by atoms with Crippen molar-refractivity contribution in [1.29, 1.82) is 0 Å². The van der Waals surface area contributed by atoms with Crippen LogP contribution in [0.5, 0.6) is 5.75 Å². The van der Waals surface area contributed by atoms with Crippen molar-refractivity contribution in [1.82, 2.24) is 4.72 Å². The lowest BCUT2D eigenvalue weighted by Gasteiger charge is -2.26. The average molecular weight is 347 g/mol. The molecule has 5 heteroatoms. The van der Waals surface area contributed by atoms with Crippen molar-refractivity contribution in [3.63, 3.8) is 0 Å². The molecular weight excluding hydrogens is 322 g/mol. The largest absolute Gasteiger partial charge is 0.496 e. The fourth-order valence-corrected chi connectivity index (χ4v) is 4.23. The molecule has 0 atom stereocenters. The number of rotatable bonds is 7. The summed E-state index contributed by atoms with van der Waals surface area (Å²) in [6, 6.07) is 14.8. The van der Waals surface area contributed by atoms with Gasteiger partial charge in [-0.15, -0.1) is 0 Å². The number of nitrogens with one attached hydrogen (secondary N) is 1. The van der Waals surface area contributed by atoms with Gasteiger partial charge in [0.25, 0.3) is 0 Å². The molecule has 2 rings (SSSR count). The molecule has 0 bridgehead atoms. The SMILES string of the molecule is CCc1cc(S(=O)(=O)NC(C)(C)Cc2ccccc2)ccc1OC. The van der Waals surface area contributed by atoms with Crippen LogP contribution in [-0.2, 0) is 22.9 Å². The number of hydrogen-bond donors (Lipinski definition) is 1. The van der Waals surface area contributed by atoms with Crippen molar-refractivity contribution in [2.24, 2.45) is 0 Å². The summed E-state index contributed by atoms with van der Waals surface area (Å²) >= 11 is 0. The smallest absolute Gasteiger partial charge is 0.241 e. The molecule has 0 aliphatic heterocycles. The molecular formula is C19H25NO3S. The summed E-state index contributed by atoms with van der Waals surface area (Å²) in [5.41, 5.74) is 1.38. The molecule has 0 heterocycles. The summed E-state index contributed by atoms with van der Waals surface area (Å²) < 4.78 is 33.6. The van der Waals surface area contributed by atoms with E-state index < -0.39 is 15.6 Å². The van der Waals surface area contributed by atoms with Crippen LogP contribution in [0.15, 0.2) is 53.4 Å². The molecule has 0 aliphatic carbocycles. The predicted molar refractivity (Wildman–Crippen MR) is 96.9 cm³/mol. The maximum Gasteiger partial charge on any atom is 0.241 e. The van der Waals surface area contributed by atoms with Gasteiger partial charge in [-0.25, -0.2) is 13.1 Å². The van der Waals surface area contributed by atoms with E-state index in [4.69, 9.17) is 4.74 Å². The second kappa shape index (κ2) is 7.36. The molecule has 0 aliphatic rings. The van der Waals surface area contributed by atoms with Crippen LogP contribution in [0.3, 0.4) is 0 Å². The van der Waals surface area contributed by atoms with E-state index in [-0.39, 0.29) is 4.90 Å². The van der Waals surface area contributed by atoms with Gasteiger partial charge < -0.3 is 4.74 Å². The van der Waals surface area contributed by atoms with Crippen LogP contribution in [0.1, 0.15) is 31.9 Å². The molecule has 130 valence electrons. The second-order valence-corrected chi connectivity index (χ2v) is 8.16. The molecule has 0 radical (unpaired) electrons. The lowest BCUT2D eigenvalue weighted by atomic mass is 9.96. The third-order valence-electron chi connectivity index (χ3n) is 3.84. The van der Waals surface area contributed by atoms with E-state index in [1.54, 1.807) is 25.3 Å². The lowest BCUT2D eigenvalue weighted by molar-refractivity contribution is 0.409. The van der Waals surface area contributed by atoms with E-state index in [0.717, 1.165) is 11.1 Å². The highest BCUT2D eigenvalue weighted by Gasteiger charge is 2.27. The van der Waals surface area contributed by atoms with Crippen molar-refractivity contribution < 1.29 is 13.2 Å². The van der Waals surface area contributed by atoms with Crippen molar-refractivity contribution in [2.75, 3.05) is 7.11 Å². The third-order valence-corrected chi connectivity index (χ3v) is 5.54. The van der Waals surface area contributed by atoms with Gasteiger partial charge in [0.15, 0.2) is 0 Å². The zero-order valence-electron chi connectivity index (χ0n) is 14.7. The normalized spacial score (nSPS) is 12.2. The first kappa shape index (κ1) is 18.5. The van der Waals surface area contributed by atoms with E-state index in [0.29, 0.717) is 18.6 Å². The maximum absolute atomic E-state index is 12.8. The highest BCUT2D eigenvalue weighted by atomic mass is 32.2. The van der Waals surface area contributed by atoms with Gasteiger partial charge in [0, 0.05) is 5.54 Å². The summed E-state index contributed by atoms with van der Waals surface area (Å²) in [5.74, 6) is 0.708. The van der Waals surface area contributed by atoms with Crippen LogP contribution in [0, 0.1) is 0 Å². The standard InChI is InChI=1S/C19H25NO3S/c1-5-16-13-17(11-12-18(16)23-4)24(21,22)20-19(2,3)14-15-9-7-6-8-10-15/h6-13,20H,5,14H2,1-4H3. The molecule has 0 fully saturated rings. The summed E-state index contributed by atoms with van der Waals surface area (Å²) in [7, 11) is -2.01.